The van der Waals surface area contributed by atoms with E-state index in [0.717, 1.165) is 12.1 Å². The Balaban J connectivity index is 1.90. The zero-order chi connectivity index (χ0) is 18.0. The quantitative estimate of drug-likeness (QED) is 0.833. The van der Waals surface area contributed by atoms with Gasteiger partial charge in [-0.15, -0.1) is 0 Å². The average molecular weight is 341 g/mol. The largest absolute Gasteiger partial charge is 0.448 e. The van der Waals surface area contributed by atoms with Gasteiger partial charge in [0.2, 0.25) is 0 Å². The summed E-state index contributed by atoms with van der Waals surface area (Å²) in [5.41, 5.74) is -3.69. The molecule has 1 aromatic carbocycles. The van der Waals surface area contributed by atoms with Crippen LogP contribution in [0, 0.1) is 10.8 Å². The average Bonchev–Trinajstić information content (AvgIpc) is 2.77. The minimum absolute atomic E-state index is 0.0246. The molecule has 1 amide bonds. The number of ether oxygens (including phenoxy) is 1. The predicted molar refractivity (Wildman–Crippen MR) is 80.0 cm³/mol. The van der Waals surface area contributed by atoms with Crippen molar-refractivity contribution in [1.82, 2.24) is 0 Å². The van der Waals surface area contributed by atoms with Crippen molar-refractivity contribution in [3.8, 4) is 0 Å². The lowest BCUT2D eigenvalue weighted by Gasteiger charge is -2.35. The van der Waals surface area contributed by atoms with Gasteiger partial charge in [-0.2, -0.15) is 13.2 Å². The molecule has 7 heteroatoms. The van der Waals surface area contributed by atoms with E-state index >= 15 is 0 Å². The van der Waals surface area contributed by atoms with E-state index in [0.29, 0.717) is 12.8 Å². The first-order chi connectivity index (χ1) is 10.9. The Hall–Kier alpha value is -2.05. The topological polar surface area (TPSA) is 55.4 Å². The first-order valence-electron chi connectivity index (χ1n) is 7.66. The molecule has 0 radical (unpaired) electrons. The third-order valence-electron chi connectivity index (χ3n) is 5.90. The van der Waals surface area contributed by atoms with Crippen LogP contribution in [-0.2, 0) is 20.5 Å². The zero-order valence-electron chi connectivity index (χ0n) is 13.6. The second kappa shape index (κ2) is 4.74. The molecular formula is C17H18F3NO3. The number of fused-ring (bicyclic) bond motifs is 2. The molecule has 0 spiro atoms. The number of esters is 1. The Morgan fingerprint density at radius 3 is 2.38 bits per heavy atom. The highest BCUT2D eigenvalue weighted by Crippen LogP contribution is 2.65. The second-order valence-electron chi connectivity index (χ2n) is 7.21. The van der Waals surface area contributed by atoms with Crippen LogP contribution in [-0.4, -0.2) is 17.5 Å². The van der Waals surface area contributed by atoms with Crippen molar-refractivity contribution in [3.63, 3.8) is 0 Å². The van der Waals surface area contributed by atoms with Crippen molar-refractivity contribution in [2.45, 2.75) is 45.4 Å². The Kier molecular flexibility index (Phi) is 3.32. The van der Waals surface area contributed by atoms with Crippen LogP contribution in [0.4, 0.5) is 18.9 Å². The van der Waals surface area contributed by atoms with Gasteiger partial charge in [-0.05, 0) is 38.0 Å². The number of alkyl halides is 3. The molecule has 1 aromatic rings. The molecule has 1 aliphatic carbocycles. The van der Waals surface area contributed by atoms with Crippen LogP contribution in [0.1, 0.15) is 39.2 Å². The molecule has 2 atom stereocenters. The normalized spacial score (nSPS) is 31.0. The minimum Gasteiger partial charge on any atom is -0.448 e. The molecule has 2 bridgehead atoms. The zero-order valence-corrected chi connectivity index (χ0v) is 13.6. The summed E-state index contributed by atoms with van der Waals surface area (Å²) in [6, 6.07) is 4.40. The molecule has 4 nitrogen and oxygen atoms in total. The van der Waals surface area contributed by atoms with Crippen molar-refractivity contribution in [1.29, 1.82) is 0 Å². The van der Waals surface area contributed by atoms with Crippen molar-refractivity contribution in [3.05, 3.63) is 29.8 Å². The summed E-state index contributed by atoms with van der Waals surface area (Å²) < 4.78 is 43.8. The van der Waals surface area contributed by atoms with E-state index in [-0.39, 0.29) is 5.69 Å². The van der Waals surface area contributed by atoms with Gasteiger partial charge in [0, 0.05) is 11.1 Å². The van der Waals surface area contributed by atoms with Gasteiger partial charge in [0.25, 0.3) is 5.91 Å². The van der Waals surface area contributed by atoms with Crippen LogP contribution < -0.4 is 5.32 Å². The molecule has 1 heterocycles. The summed E-state index contributed by atoms with van der Waals surface area (Å²) >= 11 is 0. The number of amides is 1. The number of anilines is 1. The van der Waals surface area contributed by atoms with Gasteiger partial charge >= 0.3 is 12.1 Å². The van der Waals surface area contributed by atoms with Crippen LogP contribution in [0.15, 0.2) is 24.3 Å². The number of carbonyl (C=O) groups excluding carboxylic acids is 2. The van der Waals surface area contributed by atoms with Gasteiger partial charge in [0.1, 0.15) is 0 Å². The number of carbonyl (C=O) groups is 2. The maximum absolute atomic E-state index is 12.8. The Labute approximate surface area is 137 Å². The first-order valence-corrected chi connectivity index (χ1v) is 7.66. The number of hydrogen-bond donors (Lipinski definition) is 1. The van der Waals surface area contributed by atoms with E-state index in [1.807, 2.05) is 0 Å². The van der Waals surface area contributed by atoms with Crippen molar-refractivity contribution >= 4 is 17.6 Å². The number of halogens is 3. The fourth-order valence-electron chi connectivity index (χ4n) is 3.75. The molecule has 2 aliphatic rings. The molecule has 0 aromatic heterocycles. The van der Waals surface area contributed by atoms with Gasteiger partial charge in [-0.25, -0.2) is 0 Å². The van der Waals surface area contributed by atoms with Gasteiger partial charge < -0.3 is 10.1 Å². The third-order valence-corrected chi connectivity index (χ3v) is 5.90. The SMILES string of the molecule is CC1(C)[C@@]2(C)CC[C@@]1(C(=O)Nc1cccc(C(F)(F)F)c1)OC2=O. The fourth-order valence-corrected chi connectivity index (χ4v) is 3.75. The van der Waals surface area contributed by atoms with Gasteiger partial charge in [-0.3, -0.25) is 9.59 Å². The lowest BCUT2D eigenvalue weighted by atomic mass is 9.66. The van der Waals surface area contributed by atoms with Crippen molar-refractivity contribution < 1.29 is 27.5 Å². The maximum atomic E-state index is 12.8. The van der Waals surface area contributed by atoms with E-state index in [1.165, 1.54) is 12.1 Å². The Morgan fingerprint density at radius 1 is 1.21 bits per heavy atom. The molecule has 1 saturated heterocycles. The maximum Gasteiger partial charge on any atom is 0.416 e. The molecule has 0 unspecified atom stereocenters. The van der Waals surface area contributed by atoms with Crippen LogP contribution in [0.5, 0.6) is 0 Å². The third kappa shape index (κ3) is 1.99. The molecule has 1 aliphatic heterocycles. The van der Waals surface area contributed by atoms with Gasteiger partial charge in [-0.1, -0.05) is 19.9 Å². The molecule has 24 heavy (non-hydrogen) atoms. The monoisotopic (exact) mass is 341 g/mol. The minimum atomic E-state index is -4.50. The van der Waals surface area contributed by atoms with Crippen LogP contribution in [0.3, 0.4) is 0 Å². The summed E-state index contributed by atoms with van der Waals surface area (Å²) in [6.07, 6.45) is -3.63. The standard InChI is InChI=1S/C17H18F3NO3/c1-14(2)15(3)7-8-16(14,24-13(15)23)12(22)21-11-6-4-5-10(9-11)17(18,19)20/h4-6,9H,7-8H2,1-3H3,(H,21,22)/t15-,16-/m0/s1. The fraction of sp³-hybridized carbons (Fsp3) is 0.529. The smallest absolute Gasteiger partial charge is 0.416 e. The highest BCUT2D eigenvalue weighted by atomic mass is 19.4. The molecule has 1 saturated carbocycles. The van der Waals surface area contributed by atoms with E-state index < -0.39 is 40.0 Å². The second-order valence-corrected chi connectivity index (χ2v) is 7.21. The van der Waals surface area contributed by atoms with Crippen molar-refractivity contribution in [2.75, 3.05) is 5.32 Å². The van der Waals surface area contributed by atoms with E-state index in [2.05, 4.69) is 5.32 Å². The summed E-state index contributed by atoms with van der Waals surface area (Å²) in [5.74, 6) is -1.01. The molecule has 3 rings (SSSR count). The number of benzene rings is 1. The lowest BCUT2D eigenvalue weighted by Crippen LogP contribution is -2.50. The summed E-state index contributed by atoms with van der Waals surface area (Å²) in [6.45, 7) is 5.34. The van der Waals surface area contributed by atoms with E-state index in [4.69, 9.17) is 4.74 Å². The molecule has 2 fully saturated rings. The summed E-state index contributed by atoms with van der Waals surface area (Å²) in [4.78, 5) is 25.0. The van der Waals surface area contributed by atoms with Crippen LogP contribution in [0.2, 0.25) is 0 Å². The molecular weight excluding hydrogens is 323 g/mol. The van der Waals surface area contributed by atoms with Crippen LogP contribution >= 0.6 is 0 Å². The number of hydrogen-bond acceptors (Lipinski definition) is 3. The van der Waals surface area contributed by atoms with Crippen LogP contribution in [0.25, 0.3) is 0 Å². The summed E-state index contributed by atoms with van der Waals surface area (Å²) in [7, 11) is 0. The highest BCUT2D eigenvalue weighted by molar-refractivity contribution is 6.03. The van der Waals surface area contributed by atoms with E-state index in [1.54, 1.807) is 20.8 Å². The van der Waals surface area contributed by atoms with Gasteiger partial charge in [0.05, 0.1) is 11.0 Å². The summed E-state index contributed by atoms with van der Waals surface area (Å²) in [5, 5.41) is 2.49. The van der Waals surface area contributed by atoms with E-state index in [9.17, 15) is 22.8 Å². The first kappa shape index (κ1) is 16.8. The van der Waals surface area contributed by atoms with Gasteiger partial charge in [0.15, 0.2) is 5.60 Å². The van der Waals surface area contributed by atoms with Crippen molar-refractivity contribution in [2.24, 2.45) is 10.8 Å². The number of nitrogens with one attached hydrogen (secondary N) is 1. The molecule has 1 N–H and O–H groups in total. The predicted octanol–water partition coefficient (Wildman–Crippen LogP) is 3.77. The Morgan fingerprint density at radius 2 is 1.88 bits per heavy atom. The lowest BCUT2D eigenvalue weighted by molar-refractivity contribution is -0.165. The molecule has 130 valence electrons. The Bertz CT molecular complexity index is 728. The highest BCUT2D eigenvalue weighted by Gasteiger charge is 2.75. The number of rotatable bonds is 2.